The predicted octanol–water partition coefficient (Wildman–Crippen LogP) is 4.14. The topological polar surface area (TPSA) is 45.9 Å². The Kier molecular flexibility index (Phi) is 6.04. The van der Waals surface area contributed by atoms with Crippen molar-refractivity contribution in [3.05, 3.63) is 69.8 Å². The van der Waals surface area contributed by atoms with E-state index in [1.807, 2.05) is 38.1 Å². The third-order valence-corrected chi connectivity index (χ3v) is 5.59. The van der Waals surface area contributed by atoms with Crippen molar-refractivity contribution in [2.45, 2.75) is 20.3 Å². The van der Waals surface area contributed by atoms with Gasteiger partial charge in [-0.05, 0) is 55.7 Å². The number of benzene rings is 2. The van der Waals surface area contributed by atoms with E-state index in [2.05, 4.69) is 9.80 Å². The van der Waals surface area contributed by atoms with E-state index in [1.54, 1.807) is 6.07 Å². The van der Waals surface area contributed by atoms with Crippen LogP contribution in [0.25, 0.3) is 11.0 Å². The lowest BCUT2D eigenvalue weighted by Gasteiger charge is -2.36. The summed E-state index contributed by atoms with van der Waals surface area (Å²) < 4.78 is 25.4. The summed E-state index contributed by atoms with van der Waals surface area (Å²) in [6.45, 7) is 8.84. The first-order valence-corrected chi connectivity index (χ1v) is 10.4. The molecule has 2 aromatic carbocycles. The lowest BCUT2D eigenvalue weighted by atomic mass is 10.1. The van der Waals surface area contributed by atoms with Crippen molar-refractivity contribution >= 4 is 16.7 Å². The van der Waals surface area contributed by atoms with Gasteiger partial charge < -0.3 is 14.1 Å². The highest BCUT2D eigenvalue weighted by Crippen LogP contribution is 2.29. The first-order valence-electron chi connectivity index (χ1n) is 10.4. The van der Waals surface area contributed by atoms with Crippen molar-refractivity contribution in [1.82, 2.24) is 4.90 Å². The highest BCUT2D eigenvalue weighted by atomic mass is 19.1. The molecule has 158 valence electrons. The Balaban J connectivity index is 1.30. The van der Waals surface area contributed by atoms with Gasteiger partial charge >= 0.3 is 5.63 Å². The molecule has 0 saturated carbocycles. The van der Waals surface area contributed by atoms with Crippen molar-refractivity contribution in [2.75, 3.05) is 44.2 Å². The third-order valence-electron chi connectivity index (χ3n) is 5.59. The van der Waals surface area contributed by atoms with Crippen molar-refractivity contribution in [1.29, 1.82) is 0 Å². The molecule has 6 heteroatoms. The van der Waals surface area contributed by atoms with E-state index in [1.165, 1.54) is 12.1 Å². The van der Waals surface area contributed by atoms with Gasteiger partial charge in [-0.25, -0.2) is 9.18 Å². The maximum atomic E-state index is 14.0. The first-order chi connectivity index (χ1) is 14.5. The summed E-state index contributed by atoms with van der Waals surface area (Å²) in [4.78, 5) is 16.2. The molecule has 0 atom stereocenters. The standard InChI is InChI=1S/C24H27FN2O3/c1-17-14-21(24-18(2)16-23(28)30-22(24)15-17)29-13-5-8-26-9-11-27(12-10-26)20-7-4-3-6-19(20)25/h3-4,6-7,14-16H,5,8-13H2,1-2H3. The van der Waals surface area contributed by atoms with Gasteiger partial charge in [0.25, 0.3) is 0 Å². The summed E-state index contributed by atoms with van der Waals surface area (Å²) in [5.41, 5.74) is 2.77. The molecular weight excluding hydrogens is 383 g/mol. The first kappa shape index (κ1) is 20.4. The monoisotopic (exact) mass is 410 g/mol. The van der Waals surface area contributed by atoms with Crippen LogP contribution in [0.4, 0.5) is 10.1 Å². The van der Waals surface area contributed by atoms with Crippen LogP contribution in [0.2, 0.25) is 0 Å². The van der Waals surface area contributed by atoms with Gasteiger partial charge in [-0.3, -0.25) is 4.90 Å². The highest BCUT2D eigenvalue weighted by molar-refractivity contribution is 5.87. The molecule has 3 aromatic rings. The maximum Gasteiger partial charge on any atom is 0.336 e. The summed E-state index contributed by atoms with van der Waals surface area (Å²) >= 11 is 0. The van der Waals surface area contributed by atoms with Crippen LogP contribution < -0.4 is 15.3 Å². The minimum absolute atomic E-state index is 0.157. The largest absolute Gasteiger partial charge is 0.493 e. The van der Waals surface area contributed by atoms with Crippen molar-refractivity contribution in [3.8, 4) is 5.75 Å². The van der Waals surface area contributed by atoms with Gasteiger partial charge in [0, 0.05) is 38.8 Å². The zero-order valence-electron chi connectivity index (χ0n) is 17.5. The molecule has 1 fully saturated rings. The fraction of sp³-hybridized carbons (Fsp3) is 0.375. The zero-order valence-corrected chi connectivity index (χ0v) is 17.5. The molecule has 0 unspecified atom stereocenters. The van der Waals surface area contributed by atoms with Gasteiger partial charge in [0.15, 0.2) is 0 Å². The minimum atomic E-state index is -0.342. The number of piperazine rings is 1. The highest BCUT2D eigenvalue weighted by Gasteiger charge is 2.19. The van der Waals surface area contributed by atoms with Crippen LogP contribution in [-0.4, -0.2) is 44.2 Å². The molecule has 1 aliphatic heterocycles. The molecule has 2 heterocycles. The molecule has 0 radical (unpaired) electrons. The van der Waals surface area contributed by atoms with E-state index in [-0.39, 0.29) is 11.4 Å². The maximum absolute atomic E-state index is 14.0. The fourth-order valence-corrected chi connectivity index (χ4v) is 4.08. The molecule has 1 aromatic heterocycles. The third kappa shape index (κ3) is 4.49. The van der Waals surface area contributed by atoms with Gasteiger partial charge in [0.2, 0.25) is 0 Å². The van der Waals surface area contributed by atoms with Gasteiger partial charge in [0.05, 0.1) is 17.7 Å². The number of rotatable bonds is 6. The van der Waals surface area contributed by atoms with E-state index in [9.17, 15) is 9.18 Å². The van der Waals surface area contributed by atoms with E-state index >= 15 is 0 Å². The number of para-hydroxylation sites is 1. The molecule has 1 saturated heterocycles. The molecule has 0 spiro atoms. The van der Waals surface area contributed by atoms with E-state index in [4.69, 9.17) is 9.15 Å². The van der Waals surface area contributed by atoms with Gasteiger partial charge in [-0.2, -0.15) is 0 Å². The molecule has 0 N–H and O–H groups in total. The Labute approximate surface area is 175 Å². The summed E-state index contributed by atoms with van der Waals surface area (Å²) in [6.07, 6.45) is 0.894. The Morgan fingerprint density at radius 1 is 1.07 bits per heavy atom. The van der Waals surface area contributed by atoms with Crippen LogP contribution in [0.5, 0.6) is 5.75 Å². The summed E-state index contributed by atoms with van der Waals surface area (Å²) in [6, 6.07) is 12.3. The zero-order chi connectivity index (χ0) is 21.1. The summed E-state index contributed by atoms with van der Waals surface area (Å²) in [5.74, 6) is 0.603. The minimum Gasteiger partial charge on any atom is -0.493 e. The quantitative estimate of drug-likeness (QED) is 0.452. The number of anilines is 1. The second-order valence-corrected chi connectivity index (χ2v) is 7.87. The molecule has 30 heavy (non-hydrogen) atoms. The summed E-state index contributed by atoms with van der Waals surface area (Å²) in [5, 5.41) is 0.860. The number of hydrogen-bond acceptors (Lipinski definition) is 5. The van der Waals surface area contributed by atoms with Crippen LogP contribution in [0.15, 0.2) is 51.7 Å². The van der Waals surface area contributed by atoms with Crippen LogP contribution in [0.1, 0.15) is 17.5 Å². The van der Waals surface area contributed by atoms with Crippen LogP contribution in [-0.2, 0) is 0 Å². The lowest BCUT2D eigenvalue weighted by Crippen LogP contribution is -2.47. The normalized spacial score (nSPS) is 15.0. The van der Waals surface area contributed by atoms with Crippen LogP contribution in [0.3, 0.4) is 0 Å². The van der Waals surface area contributed by atoms with E-state index in [0.29, 0.717) is 17.9 Å². The number of nitrogens with zero attached hydrogens (tertiary/aromatic N) is 2. The molecule has 4 rings (SSSR count). The van der Waals surface area contributed by atoms with Crippen molar-refractivity contribution in [3.63, 3.8) is 0 Å². The Hall–Kier alpha value is -2.86. The van der Waals surface area contributed by atoms with E-state index in [0.717, 1.165) is 61.4 Å². The lowest BCUT2D eigenvalue weighted by molar-refractivity contribution is 0.225. The molecular formula is C24H27FN2O3. The summed E-state index contributed by atoms with van der Waals surface area (Å²) in [7, 11) is 0. The second-order valence-electron chi connectivity index (χ2n) is 7.87. The molecule has 0 aliphatic carbocycles. The van der Waals surface area contributed by atoms with Gasteiger partial charge in [0.1, 0.15) is 17.1 Å². The second kappa shape index (κ2) is 8.88. The average Bonchev–Trinajstić information content (AvgIpc) is 2.71. The Morgan fingerprint density at radius 3 is 2.60 bits per heavy atom. The molecule has 0 amide bonds. The Bertz CT molecular complexity index is 1090. The molecule has 1 aliphatic rings. The fourth-order valence-electron chi connectivity index (χ4n) is 4.08. The van der Waals surface area contributed by atoms with Crippen LogP contribution in [0, 0.1) is 19.7 Å². The van der Waals surface area contributed by atoms with Crippen molar-refractivity contribution in [2.24, 2.45) is 0 Å². The van der Waals surface area contributed by atoms with Gasteiger partial charge in [-0.15, -0.1) is 0 Å². The number of fused-ring (bicyclic) bond motifs is 1. The number of ether oxygens (including phenoxy) is 1. The van der Waals surface area contributed by atoms with E-state index < -0.39 is 0 Å². The SMILES string of the molecule is Cc1cc(OCCCN2CCN(c3ccccc3F)CC2)c2c(C)cc(=O)oc2c1. The predicted molar refractivity (Wildman–Crippen MR) is 117 cm³/mol. The number of aryl methyl sites for hydroxylation is 2. The Morgan fingerprint density at radius 2 is 1.83 bits per heavy atom. The number of hydrogen-bond donors (Lipinski definition) is 0. The molecule has 5 nitrogen and oxygen atoms in total. The smallest absolute Gasteiger partial charge is 0.336 e. The number of halogens is 1. The van der Waals surface area contributed by atoms with Crippen LogP contribution >= 0.6 is 0 Å². The van der Waals surface area contributed by atoms with Gasteiger partial charge in [-0.1, -0.05) is 12.1 Å². The molecule has 0 bridgehead atoms. The van der Waals surface area contributed by atoms with Crippen molar-refractivity contribution < 1.29 is 13.5 Å². The average molecular weight is 410 g/mol.